The molecule has 0 bridgehead atoms. The minimum absolute atomic E-state index is 0.563. The summed E-state index contributed by atoms with van der Waals surface area (Å²) in [5.41, 5.74) is 5.65. The third-order valence-corrected chi connectivity index (χ3v) is 3.64. The van der Waals surface area contributed by atoms with Crippen molar-refractivity contribution in [3.63, 3.8) is 0 Å². The van der Waals surface area contributed by atoms with E-state index in [1.165, 1.54) is 16.7 Å². The van der Waals surface area contributed by atoms with Gasteiger partial charge < -0.3 is 4.74 Å². The number of fused-ring (bicyclic) bond motifs is 1. The van der Waals surface area contributed by atoms with E-state index in [-0.39, 0.29) is 0 Å². The van der Waals surface area contributed by atoms with Crippen LogP contribution in [0.2, 0.25) is 0 Å². The van der Waals surface area contributed by atoms with Gasteiger partial charge in [0.05, 0.1) is 5.52 Å². The van der Waals surface area contributed by atoms with E-state index in [0.717, 1.165) is 22.3 Å². The van der Waals surface area contributed by atoms with Crippen LogP contribution in [0.4, 0.5) is 0 Å². The zero-order valence-electron chi connectivity index (χ0n) is 12.7. The number of rotatable bonds is 3. The molecular weight excluding hydrogens is 258 g/mol. The number of aromatic nitrogens is 1. The van der Waals surface area contributed by atoms with Gasteiger partial charge in [-0.05, 0) is 44.5 Å². The lowest BCUT2D eigenvalue weighted by atomic mass is 10.1. The molecular formula is C19H19NO. The minimum Gasteiger partial charge on any atom is -0.489 e. The van der Waals surface area contributed by atoms with Crippen molar-refractivity contribution < 1.29 is 4.74 Å². The number of pyridine rings is 1. The lowest BCUT2D eigenvalue weighted by Gasteiger charge is -2.12. The molecule has 2 aromatic carbocycles. The van der Waals surface area contributed by atoms with Gasteiger partial charge in [0.1, 0.15) is 12.4 Å². The van der Waals surface area contributed by atoms with E-state index < -0.39 is 0 Å². The highest BCUT2D eigenvalue weighted by Gasteiger charge is 2.06. The van der Waals surface area contributed by atoms with Gasteiger partial charge >= 0.3 is 0 Å². The summed E-state index contributed by atoms with van der Waals surface area (Å²) in [6.45, 7) is 6.76. The second-order valence-corrected chi connectivity index (χ2v) is 5.50. The van der Waals surface area contributed by atoms with Crippen LogP contribution in [0.25, 0.3) is 10.9 Å². The van der Waals surface area contributed by atoms with Crippen LogP contribution in [-0.2, 0) is 6.61 Å². The van der Waals surface area contributed by atoms with E-state index >= 15 is 0 Å². The summed E-state index contributed by atoms with van der Waals surface area (Å²) in [5.74, 6) is 0.944. The Labute approximate surface area is 125 Å². The Bertz CT molecular complexity index is 793. The smallest absolute Gasteiger partial charge is 0.122 e. The van der Waals surface area contributed by atoms with Crippen LogP contribution >= 0.6 is 0 Å². The van der Waals surface area contributed by atoms with Crippen molar-refractivity contribution in [3.8, 4) is 5.75 Å². The Kier molecular flexibility index (Phi) is 3.61. The van der Waals surface area contributed by atoms with Crippen molar-refractivity contribution in [1.82, 2.24) is 4.98 Å². The fourth-order valence-corrected chi connectivity index (χ4v) is 2.63. The molecule has 0 saturated carbocycles. The average molecular weight is 277 g/mol. The zero-order chi connectivity index (χ0) is 14.8. The summed E-state index contributed by atoms with van der Waals surface area (Å²) in [5, 5.41) is 1.16. The van der Waals surface area contributed by atoms with E-state index in [4.69, 9.17) is 4.74 Å². The Morgan fingerprint density at radius 1 is 0.952 bits per heavy atom. The summed E-state index contributed by atoms with van der Waals surface area (Å²) in [7, 11) is 0. The third kappa shape index (κ3) is 2.89. The van der Waals surface area contributed by atoms with E-state index in [0.29, 0.717) is 6.61 Å². The molecule has 0 aliphatic rings. The monoisotopic (exact) mass is 277 g/mol. The Hall–Kier alpha value is -2.35. The predicted molar refractivity (Wildman–Crippen MR) is 86.7 cm³/mol. The summed E-state index contributed by atoms with van der Waals surface area (Å²) >= 11 is 0. The Balaban J connectivity index is 1.91. The molecule has 3 rings (SSSR count). The maximum absolute atomic E-state index is 6.01. The highest BCUT2D eigenvalue weighted by Crippen LogP contribution is 2.23. The fourth-order valence-electron chi connectivity index (χ4n) is 2.63. The second kappa shape index (κ2) is 5.57. The van der Waals surface area contributed by atoms with E-state index in [1.807, 2.05) is 31.2 Å². The summed E-state index contributed by atoms with van der Waals surface area (Å²) in [6, 6.07) is 16.6. The van der Waals surface area contributed by atoms with E-state index in [1.54, 1.807) is 0 Å². The lowest BCUT2D eigenvalue weighted by Crippen LogP contribution is -2.00. The number of nitrogens with zero attached hydrogens (tertiary/aromatic N) is 1. The molecule has 0 unspecified atom stereocenters. The molecule has 0 amide bonds. The maximum Gasteiger partial charge on any atom is 0.122 e. The van der Waals surface area contributed by atoms with Crippen LogP contribution < -0.4 is 4.74 Å². The molecule has 106 valence electrons. The Morgan fingerprint density at radius 2 is 1.76 bits per heavy atom. The van der Waals surface area contributed by atoms with Crippen molar-refractivity contribution in [2.75, 3.05) is 0 Å². The maximum atomic E-state index is 6.01. The molecule has 2 heteroatoms. The molecule has 3 aromatic rings. The van der Waals surface area contributed by atoms with Crippen LogP contribution in [0.5, 0.6) is 5.75 Å². The van der Waals surface area contributed by atoms with E-state index in [9.17, 15) is 0 Å². The van der Waals surface area contributed by atoms with Gasteiger partial charge in [0.25, 0.3) is 0 Å². The van der Waals surface area contributed by atoms with Crippen LogP contribution in [0.15, 0.2) is 48.5 Å². The van der Waals surface area contributed by atoms with Crippen LogP contribution in [-0.4, -0.2) is 4.98 Å². The van der Waals surface area contributed by atoms with Gasteiger partial charge in [0.2, 0.25) is 0 Å². The average Bonchev–Trinajstić information content (AvgIpc) is 2.46. The molecule has 0 fully saturated rings. The van der Waals surface area contributed by atoms with Crippen molar-refractivity contribution in [1.29, 1.82) is 0 Å². The van der Waals surface area contributed by atoms with Crippen LogP contribution in [0.1, 0.15) is 22.4 Å². The molecule has 0 spiro atoms. The molecule has 0 saturated heterocycles. The first kappa shape index (κ1) is 13.6. The van der Waals surface area contributed by atoms with Crippen molar-refractivity contribution in [3.05, 3.63) is 70.9 Å². The largest absolute Gasteiger partial charge is 0.489 e. The first-order valence-corrected chi connectivity index (χ1v) is 7.19. The summed E-state index contributed by atoms with van der Waals surface area (Å²) in [4.78, 5) is 4.56. The molecule has 2 nitrogen and oxygen atoms in total. The molecule has 0 aliphatic carbocycles. The number of para-hydroxylation sites is 1. The highest BCUT2D eigenvalue weighted by molar-refractivity contribution is 5.82. The number of benzene rings is 2. The lowest BCUT2D eigenvalue weighted by molar-refractivity contribution is 0.305. The van der Waals surface area contributed by atoms with Gasteiger partial charge in [-0.3, -0.25) is 4.98 Å². The predicted octanol–water partition coefficient (Wildman–Crippen LogP) is 4.74. The van der Waals surface area contributed by atoms with Gasteiger partial charge in [0.15, 0.2) is 0 Å². The van der Waals surface area contributed by atoms with Gasteiger partial charge in [-0.2, -0.15) is 0 Å². The second-order valence-electron chi connectivity index (χ2n) is 5.50. The van der Waals surface area contributed by atoms with Crippen molar-refractivity contribution in [2.45, 2.75) is 27.4 Å². The summed E-state index contributed by atoms with van der Waals surface area (Å²) in [6.07, 6.45) is 0. The van der Waals surface area contributed by atoms with Crippen LogP contribution in [0.3, 0.4) is 0 Å². The third-order valence-electron chi connectivity index (χ3n) is 3.64. The molecule has 21 heavy (non-hydrogen) atoms. The standard InChI is InChI=1S/C19H19NO/c1-13-8-9-19(14(2)10-13)21-12-16-11-15(3)20-18-7-5-4-6-17(16)18/h4-11H,12H2,1-3H3. The molecule has 1 aromatic heterocycles. The highest BCUT2D eigenvalue weighted by atomic mass is 16.5. The fraction of sp³-hybridized carbons (Fsp3) is 0.211. The zero-order valence-corrected chi connectivity index (χ0v) is 12.7. The van der Waals surface area contributed by atoms with Gasteiger partial charge in [-0.15, -0.1) is 0 Å². The minimum atomic E-state index is 0.563. The normalized spacial score (nSPS) is 10.8. The molecule has 1 heterocycles. The number of ether oxygens (including phenoxy) is 1. The molecule has 0 atom stereocenters. The quantitative estimate of drug-likeness (QED) is 0.690. The van der Waals surface area contributed by atoms with Crippen molar-refractivity contribution >= 4 is 10.9 Å². The number of hydrogen-bond donors (Lipinski definition) is 0. The molecule has 0 N–H and O–H groups in total. The van der Waals surface area contributed by atoms with Gasteiger partial charge in [-0.1, -0.05) is 35.9 Å². The molecule has 0 aliphatic heterocycles. The van der Waals surface area contributed by atoms with Gasteiger partial charge in [0, 0.05) is 16.6 Å². The molecule has 0 radical (unpaired) electrons. The van der Waals surface area contributed by atoms with Crippen LogP contribution in [0, 0.1) is 20.8 Å². The SMILES string of the molecule is Cc1ccc(OCc2cc(C)nc3ccccc23)c(C)c1. The van der Waals surface area contributed by atoms with Gasteiger partial charge in [-0.25, -0.2) is 0 Å². The van der Waals surface area contributed by atoms with Crippen molar-refractivity contribution in [2.24, 2.45) is 0 Å². The first-order valence-electron chi connectivity index (χ1n) is 7.19. The number of aryl methyl sites for hydroxylation is 3. The van der Waals surface area contributed by atoms with E-state index in [2.05, 4.69) is 43.1 Å². The first-order chi connectivity index (χ1) is 10.1. The Morgan fingerprint density at radius 3 is 2.57 bits per heavy atom. The summed E-state index contributed by atoms with van der Waals surface area (Å²) < 4.78 is 6.01. The topological polar surface area (TPSA) is 22.1 Å². The number of hydrogen-bond acceptors (Lipinski definition) is 2.